The van der Waals surface area contributed by atoms with Gasteiger partial charge in [-0.25, -0.2) is 0 Å². The van der Waals surface area contributed by atoms with Crippen molar-refractivity contribution in [1.82, 2.24) is 4.90 Å². The van der Waals surface area contributed by atoms with Gasteiger partial charge in [0.05, 0.1) is 10.6 Å². The van der Waals surface area contributed by atoms with Crippen LogP contribution in [-0.2, 0) is 11.3 Å². The monoisotopic (exact) mass is 469 g/mol. The summed E-state index contributed by atoms with van der Waals surface area (Å²) in [5, 5.41) is 3.56. The topological polar surface area (TPSA) is 52.7 Å². The van der Waals surface area contributed by atoms with E-state index < -0.39 is 0 Å². The maximum absolute atomic E-state index is 13.6. The highest BCUT2D eigenvalue weighted by atomic mass is 35.5. The van der Waals surface area contributed by atoms with Crippen LogP contribution >= 0.6 is 11.6 Å². The zero-order chi connectivity index (χ0) is 24.1. The smallest absolute Gasteiger partial charge is 0.255 e. The van der Waals surface area contributed by atoms with Crippen molar-refractivity contribution in [1.29, 1.82) is 0 Å². The van der Waals surface area contributed by atoms with Gasteiger partial charge in [0.2, 0.25) is 5.91 Å². The highest BCUT2D eigenvalue weighted by Crippen LogP contribution is 2.30. The number of nitrogens with one attached hydrogen (secondary N) is 1. The lowest BCUT2D eigenvalue weighted by atomic mass is 10.0. The number of carbonyl (C=O) groups excluding carboxylic acids is 2. The lowest BCUT2D eigenvalue weighted by Gasteiger charge is -2.33. The van der Waals surface area contributed by atoms with E-state index in [1.807, 2.05) is 54.2 Å². The van der Waals surface area contributed by atoms with Gasteiger partial charge < -0.3 is 15.1 Å². The summed E-state index contributed by atoms with van der Waals surface area (Å²) in [5.74, 6) is 0.369. The predicted octanol–water partition coefficient (Wildman–Crippen LogP) is 6.22. The van der Waals surface area contributed by atoms with Crippen molar-refractivity contribution in [2.24, 2.45) is 11.8 Å². The molecule has 0 bridgehead atoms. The summed E-state index contributed by atoms with van der Waals surface area (Å²) in [6.07, 6.45) is 4.16. The standard InChI is InChI=1S/C27H36ClN3O2/c1-18(2)19(3)31(27(33)23-12-8-9-13-24(23)28)17-21-16-22(14-15-25(21)30(4)5)29-26(32)20-10-6-7-11-20/h8-9,12-16,18-20H,6-7,10-11,17H2,1-5H3,(H,29,32)/t19-/m1/s1. The zero-order valence-electron chi connectivity index (χ0n) is 20.4. The SMILES string of the molecule is CC(C)[C@@H](C)N(Cc1cc(NC(=O)C2CCCC2)ccc1N(C)C)C(=O)c1ccccc1Cl. The van der Waals surface area contributed by atoms with Gasteiger partial charge in [0.1, 0.15) is 0 Å². The number of nitrogens with zero attached hydrogens (tertiary/aromatic N) is 2. The number of halogens is 1. The maximum Gasteiger partial charge on any atom is 0.255 e. The summed E-state index contributed by atoms with van der Waals surface area (Å²) in [6.45, 7) is 6.72. The molecule has 0 aliphatic heterocycles. The number of rotatable bonds is 8. The minimum atomic E-state index is -0.0908. The van der Waals surface area contributed by atoms with Gasteiger partial charge in [-0.3, -0.25) is 9.59 Å². The largest absolute Gasteiger partial charge is 0.377 e. The van der Waals surface area contributed by atoms with Gasteiger partial charge in [0.25, 0.3) is 5.91 Å². The van der Waals surface area contributed by atoms with Crippen molar-refractivity contribution < 1.29 is 9.59 Å². The van der Waals surface area contributed by atoms with Crippen LogP contribution in [0.4, 0.5) is 11.4 Å². The molecule has 0 aromatic heterocycles. The van der Waals surface area contributed by atoms with Crippen LogP contribution in [0.25, 0.3) is 0 Å². The fourth-order valence-electron chi connectivity index (χ4n) is 4.39. The Morgan fingerprint density at radius 2 is 1.73 bits per heavy atom. The zero-order valence-corrected chi connectivity index (χ0v) is 21.2. The average Bonchev–Trinajstić information content (AvgIpc) is 3.32. The van der Waals surface area contributed by atoms with E-state index in [4.69, 9.17) is 11.6 Å². The first kappa shape index (κ1) is 25.1. The molecule has 33 heavy (non-hydrogen) atoms. The second-order valence-corrected chi connectivity index (χ2v) is 10.0. The lowest BCUT2D eigenvalue weighted by Crippen LogP contribution is -2.41. The quantitative estimate of drug-likeness (QED) is 0.499. The van der Waals surface area contributed by atoms with Crippen molar-refractivity contribution in [3.63, 3.8) is 0 Å². The molecule has 1 aliphatic rings. The van der Waals surface area contributed by atoms with Crippen molar-refractivity contribution in [2.45, 2.75) is 59.0 Å². The highest BCUT2D eigenvalue weighted by Gasteiger charge is 2.27. The molecule has 0 saturated heterocycles. The molecule has 1 saturated carbocycles. The molecular weight excluding hydrogens is 434 g/mol. The molecule has 1 atom stereocenters. The minimum absolute atomic E-state index is 0.000483. The number of carbonyl (C=O) groups is 2. The van der Waals surface area contributed by atoms with E-state index in [9.17, 15) is 9.59 Å². The number of hydrogen-bond donors (Lipinski definition) is 1. The predicted molar refractivity (Wildman–Crippen MR) is 137 cm³/mol. The van der Waals surface area contributed by atoms with Crippen LogP contribution in [0.5, 0.6) is 0 Å². The second kappa shape index (κ2) is 11.1. The van der Waals surface area contributed by atoms with Crippen LogP contribution < -0.4 is 10.2 Å². The van der Waals surface area contributed by atoms with E-state index >= 15 is 0 Å². The Morgan fingerprint density at radius 3 is 2.33 bits per heavy atom. The van der Waals surface area contributed by atoms with Crippen LogP contribution in [0.2, 0.25) is 5.02 Å². The fourth-order valence-corrected chi connectivity index (χ4v) is 4.61. The first-order valence-electron chi connectivity index (χ1n) is 11.9. The van der Waals surface area contributed by atoms with E-state index in [0.29, 0.717) is 17.1 Å². The van der Waals surface area contributed by atoms with Gasteiger partial charge in [-0.2, -0.15) is 0 Å². The first-order valence-corrected chi connectivity index (χ1v) is 12.2. The number of amides is 2. The lowest BCUT2D eigenvalue weighted by molar-refractivity contribution is -0.119. The van der Waals surface area contributed by atoms with Crippen LogP contribution in [0.1, 0.15) is 62.4 Å². The van der Waals surface area contributed by atoms with Crippen LogP contribution in [0.15, 0.2) is 42.5 Å². The molecule has 178 valence electrons. The molecule has 2 aromatic carbocycles. The van der Waals surface area contributed by atoms with Crippen LogP contribution in [0, 0.1) is 11.8 Å². The Labute approximate surface area is 203 Å². The summed E-state index contributed by atoms with van der Waals surface area (Å²) in [6, 6.07) is 13.1. The third-order valence-electron chi connectivity index (χ3n) is 6.72. The Morgan fingerprint density at radius 1 is 1.06 bits per heavy atom. The van der Waals surface area contributed by atoms with Crippen molar-refractivity contribution >= 4 is 34.8 Å². The molecule has 6 heteroatoms. The Hall–Kier alpha value is -2.53. The summed E-state index contributed by atoms with van der Waals surface area (Å²) < 4.78 is 0. The molecule has 0 unspecified atom stereocenters. The number of benzene rings is 2. The third kappa shape index (κ3) is 6.08. The average molecular weight is 470 g/mol. The summed E-state index contributed by atoms with van der Waals surface area (Å²) in [7, 11) is 3.98. The first-order chi connectivity index (χ1) is 15.7. The normalized spacial score (nSPS) is 14.9. The fraction of sp³-hybridized carbons (Fsp3) is 0.481. The van der Waals surface area contributed by atoms with Gasteiger partial charge in [0.15, 0.2) is 0 Å². The molecule has 2 aromatic rings. The van der Waals surface area contributed by atoms with Crippen LogP contribution in [0.3, 0.4) is 0 Å². The molecular formula is C27H36ClN3O2. The van der Waals surface area contributed by atoms with Crippen molar-refractivity contribution in [3.8, 4) is 0 Å². The van der Waals surface area contributed by atoms with Gasteiger partial charge in [0, 0.05) is 44.0 Å². The number of hydrogen-bond acceptors (Lipinski definition) is 3. The van der Waals surface area contributed by atoms with Crippen molar-refractivity contribution in [3.05, 3.63) is 58.6 Å². The second-order valence-electron chi connectivity index (χ2n) is 9.61. The number of anilines is 2. The Balaban J connectivity index is 1.93. The highest BCUT2D eigenvalue weighted by molar-refractivity contribution is 6.33. The van der Waals surface area contributed by atoms with E-state index in [-0.39, 0.29) is 29.7 Å². The maximum atomic E-state index is 13.6. The Bertz CT molecular complexity index is 983. The molecule has 0 heterocycles. The van der Waals surface area contributed by atoms with Gasteiger partial charge in [-0.1, -0.05) is 50.4 Å². The molecule has 2 amide bonds. The molecule has 1 N–H and O–H groups in total. The van der Waals surface area contributed by atoms with E-state index in [1.165, 1.54) is 0 Å². The van der Waals surface area contributed by atoms with E-state index in [1.54, 1.807) is 12.1 Å². The molecule has 0 radical (unpaired) electrons. The van der Waals surface area contributed by atoms with E-state index in [0.717, 1.165) is 42.6 Å². The minimum Gasteiger partial charge on any atom is -0.377 e. The summed E-state index contributed by atoms with van der Waals surface area (Å²) in [4.78, 5) is 30.2. The molecule has 3 rings (SSSR count). The molecule has 0 spiro atoms. The van der Waals surface area contributed by atoms with Gasteiger partial charge in [-0.05, 0) is 61.6 Å². The molecule has 1 fully saturated rings. The third-order valence-corrected chi connectivity index (χ3v) is 7.05. The Kier molecular flexibility index (Phi) is 8.41. The van der Waals surface area contributed by atoms with Crippen LogP contribution in [-0.4, -0.2) is 36.9 Å². The van der Waals surface area contributed by atoms with E-state index in [2.05, 4.69) is 26.1 Å². The summed E-state index contributed by atoms with van der Waals surface area (Å²) >= 11 is 6.37. The molecule has 5 nitrogen and oxygen atoms in total. The van der Waals surface area contributed by atoms with Crippen molar-refractivity contribution in [2.75, 3.05) is 24.3 Å². The summed E-state index contributed by atoms with van der Waals surface area (Å²) in [5.41, 5.74) is 3.28. The van der Waals surface area contributed by atoms with Gasteiger partial charge in [-0.15, -0.1) is 0 Å². The molecule has 1 aliphatic carbocycles. The van der Waals surface area contributed by atoms with Gasteiger partial charge >= 0.3 is 0 Å².